The quantitative estimate of drug-likeness (QED) is 0.445. The summed E-state index contributed by atoms with van der Waals surface area (Å²) in [6.45, 7) is 21.3. The first-order valence-corrected chi connectivity index (χ1v) is 11.6. The molecule has 0 aliphatic carbocycles. The number of hydrogen-bond acceptors (Lipinski definition) is 6. The lowest BCUT2D eigenvalue weighted by Gasteiger charge is -2.50. The molecule has 2 fully saturated rings. The zero-order chi connectivity index (χ0) is 26.9. The largest absolute Gasteiger partial charge is 0.481 e. The number of amides is 2. The monoisotopic (exact) mass is 484 g/mol. The molecule has 0 saturated carbocycles. The van der Waals surface area contributed by atoms with Crippen LogP contribution in [0.15, 0.2) is 0 Å². The number of nitrogens with one attached hydrogen (secondary N) is 2. The van der Waals surface area contributed by atoms with Crippen molar-refractivity contribution in [3.8, 4) is 0 Å². The summed E-state index contributed by atoms with van der Waals surface area (Å²) in [6.07, 6.45) is -0.345. The molecule has 4 N–H and O–H groups in total. The van der Waals surface area contributed by atoms with Crippen LogP contribution in [0.4, 0.5) is 0 Å². The van der Waals surface area contributed by atoms with Crippen molar-refractivity contribution in [1.29, 1.82) is 0 Å². The molecule has 2 amide bonds. The molecule has 0 aromatic heterocycles. The third-order valence-electron chi connectivity index (χ3n) is 5.93. The average Bonchev–Trinajstić information content (AvgIpc) is 2.58. The van der Waals surface area contributed by atoms with Crippen LogP contribution < -0.4 is 10.6 Å². The lowest BCUT2D eigenvalue weighted by molar-refractivity contribution is -0.153. The Morgan fingerprint density at radius 2 is 1.12 bits per heavy atom. The van der Waals surface area contributed by atoms with Gasteiger partial charge in [0.15, 0.2) is 0 Å². The summed E-state index contributed by atoms with van der Waals surface area (Å²) in [7, 11) is 0. The molecule has 10 nitrogen and oxygen atoms in total. The lowest BCUT2D eigenvalue weighted by Crippen LogP contribution is -2.72. The second-order valence-corrected chi connectivity index (χ2v) is 12.5. The van der Waals surface area contributed by atoms with Crippen LogP contribution in [-0.2, 0) is 19.2 Å². The summed E-state index contributed by atoms with van der Waals surface area (Å²) < 4.78 is 0. The molecular weight excluding hydrogens is 440 g/mol. The first-order valence-electron chi connectivity index (χ1n) is 11.6. The molecular formula is C24H44N4O6. The molecule has 2 saturated heterocycles. The Morgan fingerprint density at radius 3 is 1.35 bits per heavy atom. The van der Waals surface area contributed by atoms with E-state index >= 15 is 0 Å². The van der Waals surface area contributed by atoms with Crippen molar-refractivity contribution in [1.82, 2.24) is 20.4 Å². The summed E-state index contributed by atoms with van der Waals surface area (Å²) in [5.41, 5.74) is -2.58. The number of hydrogen-bond donors (Lipinski definition) is 4. The molecule has 0 bridgehead atoms. The second kappa shape index (κ2) is 9.81. The van der Waals surface area contributed by atoms with Gasteiger partial charge in [-0.3, -0.25) is 29.8 Å². The van der Waals surface area contributed by atoms with Gasteiger partial charge in [-0.05, 0) is 69.2 Å². The molecule has 2 aliphatic heterocycles. The van der Waals surface area contributed by atoms with E-state index in [-0.39, 0.29) is 29.3 Å². The maximum atomic E-state index is 12.7. The maximum Gasteiger partial charge on any atom is 0.309 e. The molecule has 34 heavy (non-hydrogen) atoms. The number of nitrogens with zero attached hydrogens (tertiary/aromatic N) is 2. The summed E-state index contributed by atoms with van der Waals surface area (Å²) in [5.74, 6) is -1.98. The Labute approximate surface area is 203 Å². The van der Waals surface area contributed by atoms with E-state index in [1.807, 2.05) is 37.5 Å². The van der Waals surface area contributed by atoms with Crippen LogP contribution in [0.3, 0.4) is 0 Å². The van der Waals surface area contributed by atoms with Gasteiger partial charge in [-0.25, -0.2) is 0 Å². The highest BCUT2D eigenvalue weighted by atomic mass is 16.4. The van der Waals surface area contributed by atoms with Crippen molar-refractivity contribution in [2.45, 2.75) is 97.8 Å². The summed E-state index contributed by atoms with van der Waals surface area (Å²) >= 11 is 0. The van der Waals surface area contributed by atoms with Gasteiger partial charge in [-0.2, -0.15) is 0 Å². The summed E-state index contributed by atoms with van der Waals surface area (Å²) in [6, 6.07) is 0. The summed E-state index contributed by atoms with van der Waals surface area (Å²) in [5, 5.41) is 23.5. The molecule has 0 aromatic rings. The van der Waals surface area contributed by atoms with Crippen LogP contribution in [-0.4, -0.2) is 92.1 Å². The minimum atomic E-state index is -1.16. The van der Waals surface area contributed by atoms with Crippen molar-refractivity contribution in [3.63, 3.8) is 0 Å². The fourth-order valence-corrected chi connectivity index (χ4v) is 4.82. The van der Waals surface area contributed by atoms with Crippen molar-refractivity contribution >= 4 is 23.8 Å². The van der Waals surface area contributed by atoms with E-state index in [9.17, 15) is 19.2 Å². The number of carboxylic acid groups (broad SMARTS) is 2. The van der Waals surface area contributed by atoms with E-state index in [0.29, 0.717) is 26.2 Å². The fraction of sp³-hybridized carbons (Fsp3) is 0.833. The van der Waals surface area contributed by atoms with Crippen LogP contribution in [0.1, 0.15) is 75.7 Å². The van der Waals surface area contributed by atoms with Crippen molar-refractivity contribution in [3.05, 3.63) is 0 Å². The van der Waals surface area contributed by atoms with Crippen LogP contribution in [0, 0.1) is 5.41 Å². The standard InChI is InChI=1S/C18H34N4O2.C6H10O4/c1-15(2)11-21(13(23)17(5,6)19-15)9-10-22-12-16(3,4)20-18(7,8)14(22)24;1-6(2,5(9)10)3-4(7)8/h19-20H,9-12H2,1-8H3;3H2,1-2H3,(H,7,8)(H,9,10). The Bertz CT molecular complexity index is 768. The number of carbonyl (C=O) groups excluding carboxylic acids is 2. The van der Waals surface area contributed by atoms with E-state index in [2.05, 4.69) is 38.3 Å². The van der Waals surface area contributed by atoms with E-state index in [1.54, 1.807) is 0 Å². The smallest absolute Gasteiger partial charge is 0.309 e. The number of carbonyl (C=O) groups is 4. The Kier molecular flexibility index (Phi) is 8.61. The lowest BCUT2D eigenvalue weighted by atomic mass is 9.89. The third-order valence-corrected chi connectivity index (χ3v) is 5.93. The van der Waals surface area contributed by atoms with Gasteiger partial charge >= 0.3 is 11.9 Å². The van der Waals surface area contributed by atoms with Crippen molar-refractivity contribution in [2.75, 3.05) is 26.2 Å². The van der Waals surface area contributed by atoms with Gasteiger partial charge in [0.25, 0.3) is 0 Å². The fourth-order valence-electron chi connectivity index (χ4n) is 4.82. The van der Waals surface area contributed by atoms with Crippen LogP contribution in [0.25, 0.3) is 0 Å². The van der Waals surface area contributed by atoms with Gasteiger partial charge in [-0.1, -0.05) is 0 Å². The highest BCUT2D eigenvalue weighted by Crippen LogP contribution is 2.25. The predicted molar refractivity (Wildman–Crippen MR) is 129 cm³/mol. The first-order chi connectivity index (χ1) is 15.0. The summed E-state index contributed by atoms with van der Waals surface area (Å²) in [4.78, 5) is 49.5. The molecule has 2 rings (SSSR count). The SMILES string of the molecule is CC(C)(CC(=O)O)C(=O)O.CC1(C)CN(CCN2CC(C)(C)NC(C)(C)C2=O)C(=O)C(C)(C)N1. The second-order valence-electron chi connectivity index (χ2n) is 12.5. The number of aliphatic carboxylic acids is 2. The first kappa shape index (κ1) is 29.8. The molecule has 2 aliphatic rings. The zero-order valence-corrected chi connectivity index (χ0v) is 22.5. The highest BCUT2D eigenvalue weighted by Gasteiger charge is 2.45. The molecule has 2 heterocycles. The number of carboxylic acids is 2. The van der Waals surface area contributed by atoms with E-state index in [1.165, 1.54) is 13.8 Å². The predicted octanol–water partition coefficient (Wildman–Crippen LogP) is 1.54. The van der Waals surface area contributed by atoms with E-state index in [0.717, 1.165) is 0 Å². The van der Waals surface area contributed by atoms with Crippen molar-refractivity contribution in [2.24, 2.45) is 5.41 Å². The van der Waals surface area contributed by atoms with Crippen molar-refractivity contribution < 1.29 is 29.4 Å². The minimum Gasteiger partial charge on any atom is -0.481 e. The average molecular weight is 485 g/mol. The minimum absolute atomic E-state index is 0.0999. The molecule has 10 heteroatoms. The maximum absolute atomic E-state index is 12.7. The highest BCUT2D eigenvalue weighted by molar-refractivity contribution is 5.88. The Balaban J connectivity index is 0.000000489. The van der Waals surface area contributed by atoms with Gasteiger partial charge in [0, 0.05) is 37.3 Å². The van der Waals surface area contributed by atoms with E-state index in [4.69, 9.17) is 10.2 Å². The molecule has 0 radical (unpaired) electrons. The molecule has 196 valence electrons. The zero-order valence-electron chi connectivity index (χ0n) is 22.5. The third kappa shape index (κ3) is 7.94. The number of rotatable bonds is 6. The normalized spacial score (nSPS) is 23.1. The molecule has 0 unspecified atom stereocenters. The van der Waals surface area contributed by atoms with Crippen LogP contribution >= 0.6 is 0 Å². The van der Waals surface area contributed by atoms with Gasteiger partial charge < -0.3 is 20.0 Å². The molecule has 0 spiro atoms. The molecule has 0 aromatic carbocycles. The van der Waals surface area contributed by atoms with Crippen LogP contribution in [0.5, 0.6) is 0 Å². The van der Waals surface area contributed by atoms with E-state index < -0.39 is 28.4 Å². The van der Waals surface area contributed by atoms with Gasteiger partial charge in [0.2, 0.25) is 11.8 Å². The Hall–Kier alpha value is -2.20. The van der Waals surface area contributed by atoms with Gasteiger partial charge in [0.1, 0.15) is 0 Å². The Morgan fingerprint density at radius 1 is 0.794 bits per heavy atom. The number of piperazine rings is 2. The van der Waals surface area contributed by atoms with Gasteiger partial charge in [-0.15, -0.1) is 0 Å². The van der Waals surface area contributed by atoms with Gasteiger partial charge in [0.05, 0.1) is 22.9 Å². The van der Waals surface area contributed by atoms with Crippen LogP contribution in [0.2, 0.25) is 0 Å². The topological polar surface area (TPSA) is 139 Å². The molecule has 0 atom stereocenters.